The molecule has 0 aromatic heterocycles. The van der Waals surface area contributed by atoms with Gasteiger partial charge in [0.2, 0.25) is 5.91 Å². The van der Waals surface area contributed by atoms with Crippen molar-refractivity contribution in [1.82, 2.24) is 0 Å². The minimum atomic E-state index is 0.179. The average Bonchev–Trinajstić information content (AvgIpc) is 2.61. The molecular weight excluding hydrogens is 278 g/mol. The smallest absolute Gasteiger partial charge is 0.227 e. The number of para-hydroxylation sites is 1. The van der Waals surface area contributed by atoms with Crippen LogP contribution in [0.4, 0.5) is 5.69 Å². The zero-order chi connectivity index (χ0) is 12.1. The van der Waals surface area contributed by atoms with E-state index in [9.17, 15) is 4.79 Å². The van der Waals surface area contributed by atoms with Crippen molar-refractivity contribution in [2.24, 2.45) is 5.92 Å². The molecule has 1 aliphatic rings. The third-order valence-electron chi connectivity index (χ3n) is 3.36. The third kappa shape index (κ3) is 3.56. The maximum absolute atomic E-state index is 12.1. The van der Waals surface area contributed by atoms with Crippen LogP contribution in [0.2, 0.25) is 0 Å². The SMILES string of the molecule is O=C(Nc1ccccc1Br)C1CCCCCC1. The third-order valence-corrected chi connectivity index (χ3v) is 4.05. The predicted molar refractivity (Wildman–Crippen MR) is 74.0 cm³/mol. The Hall–Kier alpha value is -0.830. The predicted octanol–water partition coefficient (Wildman–Crippen LogP) is 4.36. The summed E-state index contributed by atoms with van der Waals surface area (Å²) >= 11 is 3.45. The van der Waals surface area contributed by atoms with Gasteiger partial charge >= 0.3 is 0 Å². The Labute approximate surface area is 111 Å². The summed E-state index contributed by atoms with van der Waals surface area (Å²) in [6.45, 7) is 0. The van der Waals surface area contributed by atoms with Crippen molar-refractivity contribution in [3.05, 3.63) is 28.7 Å². The number of anilines is 1. The molecule has 1 N–H and O–H groups in total. The summed E-state index contributed by atoms with van der Waals surface area (Å²) in [7, 11) is 0. The second-order valence-electron chi connectivity index (χ2n) is 4.66. The van der Waals surface area contributed by atoms with E-state index in [0.29, 0.717) is 0 Å². The topological polar surface area (TPSA) is 29.1 Å². The van der Waals surface area contributed by atoms with Gasteiger partial charge in [-0.15, -0.1) is 0 Å². The molecule has 1 amide bonds. The van der Waals surface area contributed by atoms with Gasteiger partial charge in [0, 0.05) is 10.4 Å². The lowest BCUT2D eigenvalue weighted by Crippen LogP contribution is -2.22. The van der Waals surface area contributed by atoms with Crippen molar-refractivity contribution >= 4 is 27.5 Å². The lowest BCUT2D eigenvalue weighted by molar-refractivity contribution is -0.120. The fraction of sp³-hybridized carbons (Fsp3) is 0.500. The van der Waals surface area contributed by atoms with Gasteiger partial charge in [0.05, 0.1) is 5.69 Å². The molecule has 1 aromatic rings. The molecule has 0 atom stereocenters. The molecule has 92 valence electrons. The van der Waals surface area contributed by atoms with Gasteiger partial charge in [0.15, 0.2) is 0 Å². The second-order valence-corrected chi connectivity index (χ2v) is 5.51. The highest BCUT2D eigenvalue weighted by molar-refractivity contribution is 9.10. The molecule has 3 heteroatoms. The highest BCUT2D eigenvalue weighted by Gasteiger charge is 2.20. The van der Waals surface area contributed by atoms with Crippen molar-refractivity contribution in [3.8, 4) is 0 Å². The first-order valence-corrected chi connectivity index (χ1v) is 7.12. The molecule has 0 spiro atoms. The Kier molecular flexibility index (Phi) is 4.60. The van der Waals surface area contributed by atoms with Crippen molar-refractivity contribution in [2.45, 2.75) is 38.5 Å². The average molecular weight is 296 g/mol. The lowest BCUT2D eigenvalue weighted by Gasteiger charge is -2.14. The number of carbonyl (C=O) groups is 1. The monoisotopic (exact) mass is 295 g/mol. The maximum atomic E-state index is 12.1. The molecule has 0 unspecified atom stereocenters. The first kappa shape index (κ1) is 12.6. The van der Waals surface area contributed by atoms with Gasteiger partial charge in [-0.1, -0.05) is 37.8 Å². The van der Waals surface area contributed by atoms with Gasteiger partial charge in [0.1, 0.15) is 0 Å². The summed E-state index contributed by atoms with van der Waals surface area (Å²) in [5.74, 6) is 0.378. The highest BCUT2D eigenvalue weighted by Crippen LogP contribution is 2.26. The Balaban J connectivity index is 1.98. The Morgan fingerprint density at radius 1 is 1.12 bits per heavy atom. The molecule has 0 bridgehead atoms. The van der Waals surface area contributed by atoms with Gasteiger partial charge in [-0.05, 0) is 40.9 Å². The van der Waals surface area contributed by atoms with Crippen LogP contribution in [0.5, 0.6) is 0 Å². The largest absolute Gasteiger partial charge is 0.325 e. The van der Waals surface area contributed by atoms with E-state index in [1.54, 1.807) is 0 Å². The van der Waals surface area contributed by atoms with Crippen molar-refractivity contribution in [3.63, 3.8) is 0 Å². The second kappa shape index (κ2) is 6.20. The Bertz CT molecular complexity index is 384. The Morgan fingerprint density at radius 3 is 2.41 bits per heavy atom. The van der Waals surface area contributed by atoms with Gasteiger partial charge in [-0.2, -0.15) is 0 Å². The maximum Gasteiger partial charge on any atom is 0.227 e. The normalized spacial score (nSPS) is 17.5. The highest BCUT2D eigenvalue weighted by atomic mass is 79.9. The van der Waals surface area contributed by atoms with E-state index in [0.717, 1.165) is 23.0 Å². The molecule has 17 heavy (non-hydrogen) atoms. The van der Waals surface area contributed by atoms with Crippen LogP contribution >= 0.6 is 15.9 Å². The van der Waals surface area contributed by atoms with Gasteiger partial charge in [0.25, 0.3) is 0 Å². The van der Waals surface area contributed by atoms with Crippen LogP contribution in [-0.2, 0) is 4.79 Å². The molecule has 0 saturated heterocycles. The summed E-state index contributed by atoms with van der Waals surface area (Å²) in [6.07, 6.45) is 7.01. The van der Waals surface area contributed by atoms with E-state index >= 15 is 0 Å². The number of carbonyl (C=O) groups excluding carboxylic acids is 1. The zero-order valence-electron chi connectivity index (χ0n) is 9.92. The molecule has 1 fully saturated rings. The van der Waals surface area contributed by atoms with Gasteiger partial charge < -0.3 is 5.32 Å². The van der Waals surface area contributed by atoms with Crippen LogP contribution in [0.1, 0.15) is 38.5 Å². The molecule has 2 nitrogen and oxygen atoms in total. The molecule has 1 aromatic carbocycles. The summed E-state index contributed by atoms with van der Waals surface area (Å²) < 4.78 is 0.946. The number of nitrogens with one attached hydrogen (secondary N) is 1. The number of rotatable bonds is 2. The van der Waals surface area contributed by atoms with Crippen molar-refractivity contribution < 1.29 is 4.79 Å². The first-order valence-electron chi connectivity index (χ1n) is 6.33. The molecule has 1 aliphatic carbocycles. The van der Waals surface area contributed by atoms with Crippen LogP contribution in [0.3, 0.4) is 0 Å². The molecule has 0 aliphatic heterocycles. The molecule has 1 saturated carbocycles. The van der Waals surface area contributed by atoms with Crippen LogP contribution in [-0.4, -0.2) is 5.91 Å². The number of hydrogen-bond donors (Lipinski definition) is 1. The van der Waals surface area contributed by atoms with Crippen LogP contribution in [0, 0.1) is 5.92 Å². The standard InChI is InChI=1S/C14H18BrNO/c15-12-9-5-6-10-13(12)16-14(17)11-7-3-1-2-4-8-11/h5-6,9-11H,1-4,7-8H2,(H,16,17). The van der Waals surface area contributed by atoms with Crippen molar-refractivity contribution in [1.29, 1.82) is 0 Å². The van der Waals surface area contributed by atoms with Crippen LogP contribution < -0.4 is 5.32 Å². The van der Waals surface area contributed by atoms with Crippen molar-refractivity contribution in [2.75, 3.05) is 5.32 Å². The fourth-order valence-electron chi connectivity index (χ4n) is 2.34. The van der Waals surface area contributed by atoms with Crippen LogP contribution in [0.15, 0.2) is 28.7 Å². The van der Waals surface area contributed by atoms with E-state index < -0.39 is 0 Å². The van der Waals surface area contributed by atoms with E-state index in [1.807, 2.05) is 24.3 Å². The van der Waals surface area contributed by atoms with E-state index in [4.69, 9.17) is 0 Å². The fourth-order valence-corrected chi connectivity index (χ4v) is 2.72. The molecule has 0 heterocycles. The van der Waals surface area contributed by atoms with Crippen LogP contribution in [0.25, 0.3) is 0 Å². The summed E-state index contributed by atoms with van der Waals surface area (Å²) in [5, 5.41) is 3.02. The summed E-state index contributed by atoms with van der Waals surface area (Å²) in [4.78, 5) is 12.1. The first-order chi connectivity index (χ1) is 8.27. The summed E-state index contributed by atoms with van der Waals surface area (Å²) in [6, 6.07) is 7.76. The number of hydrogen-bond acceptors (Lipinski definition) is 1. The minimum Gasteiger partial charge on any atom is -0.325 e. The van der Waals surface area contributed by atoms with E-state index in [2.05, 4.69) is 21.2 Å². The Morgan fingerprint density at radius 2 is 1.76 bits per heavy atom. The van der Waals surface area contributed by atoms with Gasteiger partial charge in [-0.25, -0.2) is 0 Å². The molecule has 2 rings (SSSR count). The van der Waals surface area contributed by atoms with E-state index in [-0.39, 0.29) is 11.8 Å². The number of halogens is 1. The molecular formula is C14H18BrNO. The van der Waals surface area contributed by atoms with E-state index in [1.165, 1.54) is 25.7 Å². The quantitative estimate of drug-likeness (QED) is 0.807. The van der Waals surface area contributed by atoms with Gasteiger partial charge in [-0.3, -0.25) is 4.79 Å². The minimum absolute atomic E-state index is 0.179. The lowest BCUT2D eigenvalue weighted by atomic mass is 9.99. The number of benzene rings is 1. The summed E-state index contributed by atoms with van der Waals surface area (Å²) in [5.41, 5.74) is 0.877. The molecule has 0 radical (unpaired) electrons. The zero-order valence-corrected chi connectivity index (χ0v) is 11.5. The number of amides is 1.